The fourth-order valence-electron chi connectivity index (χ4n) is 3.26. The van der Waals surface area contributed by atoms with Gasteiger partial charge in [-0.25, -0.2) is 0 Å². The molecule has 0 aliphatic rings. The molecular weight excluding hydrogens is 398 g/mol. The van der Waals surface area contributed by atoms with Gasteiger partial charge in [0.25, 0.3) is 0 Å². The summed E-state index contributed by atoms with van der Waals surface area (Å²) in [5, 5.41) is 3.43. The zero-order valence-electron chi connectivity index (χ0n) is 18.4. The van der Waals surface area contributed by atoms with Gasteiger partial charge in [0.2, 0.25) is 0 Å². The molecule has 4 aromatic carbocycles. The molecule has 162 valence electrons. The lowest BCUT2D eigenvalue weighted by molar-refractivity contribution is 0.284. The number of hydrogen-bond acceptors (Lipinski definition) is 4. The Labute approximate surface area is 189 Å². The monoisotopic (exact) mass is 425 g/mol. The Bertz CT molecular complexity index is 1120. The van der Waals surface area contributed by atoms with Crippen molar-refractivity contribution in [3.63, 3.8) is 0 Å². The molecule has 0 fully saturated rings. The fourth-order valence-corrected chi connectivity index (χ4v) is 3.26. The summed E-state index contributed by atoms with van der Waals surface area (Å²) in [6, 6.07) is 32.0. The van der Waals surface area contributed by atoms with Crippen molar-refractivity contribution < 1.29 is 14.2 Å². The Hall–Kier alpha value is -3.92. The maximum atomic E-state index is 5.97. The van der Waals surface area contributed by atoms with Crippen molar-refractivity contribution in [2.75, 3.05) is 12.4 Å². The van der Waals surface area contributed by atoms with Crippen molar-refractivity contribution in [1.82, 2.24) is 0 Å². The van der Waals surface area contributed by atoms with E-state index < -0.39 is 0 Å². The maximum absolute atomic E-state index is 5.97. The van der Waals surface area contributed by atoms with Crippen molar-refractivity contribution in [3.05, 3.63) is 114 Å². The summed E-state index contributed by atoms with van der Waals surface area (Å²) in [5.41, 5.74) is 4.49. The second kappa shape index (κ2) is 10.4. The summed E-state index contributed by atoms with van der Waals surface area (Å²) >= 11 is 0. The van der Waals surface area contributed by atoms with Gasteiger partial charge in [-0.2, -0.15) is 0 Å². The van der Waals surface area contributed by atoms with Crippen LogP contribution in [0.5, 0.6) is 23.0 Å². The van der Waals surface area contributed by atoms with Gasteiger partial charge in [0.15, 0.2) is 11.5 Å². The highest BCUT2D eigenvalue weighted by Crippen LogP contribution is 2.29. The van der Waals surface area contributed by atoms with Crippen molar-refractivity contribution in [3.8, 4) is 23.0 Å². The van der Waals surface area contributed by atoms with Gasteiger partial charge in [0.1, 0.15) is 18.1 Å². The highest BCUT2D eigenvalue weighted by atomic mass is 16.5. The number of ether oxygens (including phenoxy) is 3. The van der Waals surface area contributed by atoms with Crippen molar-refractivity contribution in [1.29, 1.82) is 0 Å². The van der Waals surface area contributed by atoms with E-state index in [9.17, 15) is 0 Å². The van der Waals surface area contributed by atoms with E-state index in [0.29, 0.717) is 13.2 Å². The first-order valence-electron chi connectivity index (χ1n) is 10.6. The Balaban J connectivity index is 1.33. The zero-order chi connectivity index (χ0) is 22.2. The SMILES string of the molecule is COc1cc(CNc2ccc(Oc3ccccc3)cc2)ccc1OCc1ccc(C)cc1. The highest BCUT2D eigenvalue weighted by molar-refractivity contribution is 5.49. The van der Waals surface area contributed by atoms with Crippen molar-refractivity contribution in [2.45, 2.75) is 20.1 Å². The summed E-state index contributed by atoms with van der Waals surface area (Å²) in [6.07, 6.45) is 0. The van der Waals surface area contributed by atoms with E-state index in [0.717, 1.165) is 39.8 Å². The van der Waals surface area contributed by atoms with Crippen LogP contribution in [0.15, 0.2) is 97.1 Å². The van der Waals surface area contributed by atoms with Crippen molar-refractivity contribution >= 4 is 5.69 Å². The number of rotatable bonds is 9. The molecule has 0 saturated carbocycles. The van der Waals surface area contributed by atoms with Gasteiger partial charge in [-0.05, 0) is 66.6 Å². The third-order valence-corrected chi connectivity index (χ3v) is 5.07. The predicted molar refractivity (Wildman–Crippen MR) is 129 cm³/mol. The molecular formula is C28H27NO3. The molecule has 4 rings (SSSR count). The third-order valence-electron chi connectivity index (χ3n) is 5.07. The molecule has 4 heteroatoms. The number of aryl methyl sites for hydroxylation is 1. The third kappa shape index (κ3) is 5.82. The zero-order valence-corrected chi connectivity index (χ0v) is 18.4. The van der Waals surface area contributed by atoms with E-state index in [1.165, 1.54) is 5.56 Å². The van der Waals surface area contributed by atoms with Crippen LogP contribution in [-0.4, -0.2) is 7.11 Å². The number of methoxy groups -OCH3 is 1. The van der Waals surface area contributed by atoms with E-state index in [1.54, 1.807) is 7.11 Å². The number of benzene rings is 4. The number of hydrogen-bond donors (Lipinski definition) is 1. The van der Waals surface area contributed by atoms with E-state index in [2.05, 4.69) is 36.5 Å². The van der Waals surface area contributed by atoms with Gasteiger partial charge in [-0.15, -0.1) is 0 Å². The summed E-state index contributed by atoms with van der Waals surface area (Å²) in [5.74, 6) is 3.09. The lowest BCUT2D eigenvalue weighted by Gasteiger charge is -2.13. The minimum absolute atomic E-state index is 0.506. The highest BCUT2D eigenvalue weighted by Gasteiger charge is 2.07. The molecule has 0 bridgehead atoms. The summed E-state index contributed by atoms with van der Waals surface area (Å²) in [6.45, 7) is 3.26. The van der Waals surface area contributed by atoms with Crippen LogP contribution in [0.2, 0.25) is 0 Å². The second-order valence-electron chi connectivity index (χ2n) is 7.55. The van der Waals surface area contributed by atoms with Crippen LogP contribution in [0.3, 0.4) is 0 Å². The molecule has 4 nitrogen and oxygen atoms in total. The fraction of sp³-hybridized carbons (Fsp3) is 0.143. The summed E-state index contributed by atoms with van der Waals surface area (Å²) in [7, 11) is 1.66. The average Bonchev–Trinajstić information content (AvgIpc) is 2.84. The van der Waals surface area contributed by atoms with Gasteiger partial charge < -0.3 is 19.5 Å². The van der Waals surface area contributed by atoms with Crippen LogP contribution in [-0.2, 0) is 13.2 Å². The second-order valence-corrected chi connectivity index (χ2v) is 7.55. The molecule has 4 aromatic rings. The standard InChI is InChI=1S/C28H27NO3/c1-21-8-10-22(11-9-21)20-31-27-17-12-23(18-28(27)30-2)19-29-24-13-15-26(16-14-24)32-25-6-4-3-5-7-25/h3-18,29H,19-20H2,1-2H3. The lowest BCUT2D eigenvalue weighted by atomic mass is 10.1. The Kier molecular flexibility index (Phi) is 6.93. The number of para-hydroxylation sites is 1. The number of nitrogens with one attached hydrogen (secondary N) is 1. The van der Waals surface area contributed by atoms with Gasteiger partial charge in [-0.1, -0.05) is 54.1 Å². The average molecular weight is 426 g/mol. The van der Waals surface area contributed by atoms with Gasteiger partial charge in [-0.3, -0.25) is 0 Å². The van der Waals surface area contributed by atoms with Crippen LogP contribution in [0, 0.1) is 6.92 Å². The molecule has 0 atom stereocenters. The first-order valence-corrected chi connectivity index (χ1v) is 10.6. The maximum Gasteiger partial charge on any atom is 0.161 e. The minimum Gasteiger partial charge on any atom is -0.493 e. The minimum atomic E-state index is 0.506. The van der Waals surface area contributed by atoms with Gasteiger partial charge in [0, 0.05) is 12.2 Å². The lowest BCUT2D eigenvalue weighted by Crippen LogP contribution is -2.02. The quantitative estimate of drug-likeness (QED) is 0.314. The Morgan fingerprint density at radius 3 is 2.09 bits per heavy atom. The first kappa shape index (κ1) is 21.3. The Morgan fingerprint density at radius 2 is 1.38 bits per heavy atom. The molecule has 1 N–H and O–H groups in total. The summed E-state index contributed by atoms with van der Waals surface area (Å²) in [4.78, 5) is 0. The van der Waals surface area contributed by atoms with Crippen LogP contribution in [0.25, 0.3) is 0 Å². The normalized spacial score (nSPS) is 10.4. The first-order chi connectivity index (χ1) is 15.7. The van der Waals surface area contributed by atoms with Gasteiger partial charge >= 0.3 is 0 Å². The predicted octanol–water partition coefficient (Wildman–Crippen LogP) is 6.99. The summed E-state index contributed by atoms with van der Waals surface area (Å²) < 4.78 is 17.4. The van der Waals surface area contributed by atoms with Gasteiger partial charge in [0.05, 0.1) is 7.11 Å². The van der Waals surface area contributed by atoms with E-state index in [1.807, 2.05) is 72.8 Å². The number of anilines is 1. The topological polar surface area (TPSA) is 39.7 Å². The molecule has 0 amide bonds. The molecule has 0 aliphatic heterocycles. The van der Waals surface area contributed by atoms with Crippen LogP contribution < -0.4 is 19.5 Å². The Morgan fingerprint density at radius 1 is 0.688 bits per heavy atom. The van der Waals surface area contributed by atoms with Crippen LogP contribution in [0.1, 0.15) is 16.7 Å². The van der Waals surface area contributed by atoms with E-state index >= 15 is 0 Å². The molecule has 0 saturated heterocycles. The molecule has 0 heterocycles. The van der Waals surface area contributed by atoms with Crippen molar-refractivity contribution in [2.24, 2.45) is 0 Å². The molecule has 0 spiro atoms. The van der Waals surface area contributed by atoms with E-state index in [-0.39, 0.29) is 0 Å². The largest absolute Gasteiger partial charge is 0.493 e. The van der Waals surface area contributed by atoms with Crippen LogP contribution >= 0.6 is 0 Å². The van der Waals surface area contributed by atoms with E-state index in [4.69, 9.17) is 14.2 Å². The molecule has 0 aliphatic carbocycles. The molecule has 0 aromatic heterocycles. The van der Waals surface area contributed by atoms with Crippen LogP contribution in [0.4, 0.5) is 5.69 Å². The smallest absolute Gasteiger partial charge is 0.161 e. The molecule has 32 heavy (non-hydrogen) atoms. The molecule has 0 unspecified atom stereocenters. The molecule has 0 radical (unpaired) electrons.